The maximum absolute atomic E-state index is 11.0. The van der Waals surface area contributed by atoms with E-state index in [1.807, 2.05) is 7.05 Å². The molecule has 0 bridgehead atoms. The second-order valence-corrected chi connectivity index (χ2v) is 4.05. The van der Waals surface area contributed by atoms with Crippen LogP contribution in [0.3, 0.4) is 0 Å². The van der Waals surface area contributed by atoms with Crippen LogP contribution >= 0.6 is 0 Å². The summed E-state index contributed by atoms with van der Waals surface area (Å²) >= 11 is 0. The zero-order valence-electron chi connectivity index (χ0n) is 6.98. The molecule has 1 saturated heterocycles. The summed E-state index contributed by atoms with van der Waals surface area (Å²) in [6, 6.07) is 0. The average molecular weight is 141 g/mol. The average Bonchev–Trinajstić information content (AvgIpc) is 1.54. The van der Waals surface area contributed by atoms with Crippen LogP contribution in [0.1, 0.15) is 20.3 Å². The number of piperidine rings is 1. The molecular weight excluding hydrogens is 126 g/mol. The van der Waals surface area contributed by atoms with Gasteiger partial charge in [0, 0.05) is 13.0 Å². The second kappa shape index (κ2) is 2.35. The Morgan fingerprint density at radius 1 is 1.50 bits per heavy atom. The van der Waals surface area contributed by atoms with Crippen LogP contribution in [0.15, 0.2) is 0 Å². The fourth-order valence-corrected chi connectivity index (χ4v) is 1.73. The van der Waals surface area contributed by atoms with Gasteiger partial charge in [-0.2, -0.15) is 0 Å². The number of nitrogens with zero attached hydrogens (tertiary/aromatic N) is 1. The summed E-state index contributed by atoms with van der Waals surface area (Å²) in [6.07, 6.45) is 0.747. The van der Waals surface area contributed by atoms with Crippen LogP contribution in [-0.2, 0) is 4.79 Å². The molecule has 0 radical (unpaired) electrons. The van der Waals surface area contributed by atoms with Crippen LogP contribution in [0.2, 0.25) is 0 Å². The number of rotatable bonds is 0. The molecule has 0 spiro atoms. The summed E-state index contributed by atoms with van der Waals surface area (Å²) < 4.78 is 0. The van der Waals surface area contributed by atoms with Gasteiger partial charge in [-0.25, -0.2) is 0 Å². The van der Waals surface area contributed by atoms with Gasteiger partial charge in [0.1, 0.15) is 5.78 Å². The molecule has 1 aliphatic heterocycles. The van der Waals surface area contributed by atoms with E-state index in [1.54, 1.807) is 0 Å². The van der Waals surface area contributed by atoms with E-state index in [0.717, 1.165) is 13.0 Å². The third-order valence-electron chi connectivity index (χ3n) is 1.82. The summed E-state index contributed by atoms with van der Waals surface area (Å²) in [5.74, 6) is 0.374. The first-order valence-electron chi connectivity index (χ1n) is 3.70. The van der Waals surface area contributed by atoms with Crippen molar-refractivity contribution in [3.05, 3.63) is 0 Å². The Morgan fingerprint density at radius 3 is 2.50 bits per heavy atom. The van der Waals surface area contributed by atoms with Crippen molar-refractivity contribution < 1.29 is 4.79 Å². The summed E-state index contributed by atoms with van der Waals surface area (Å²) in [7, 11) is 2.00. The minimum absolute atomic E-state index is 0.198. The minimum Gasteiger partial charge on any atom is -0.299 e. The highest BCUT2D eigenvalue weighted by atomic mass is 16.1. The molecule has 0 aromatic carbocycles. The fraction of sp³-hybridized carbons (Fsp3) is 0.875. The fourth-order valence-electron chi connectivity index (χ4n) is 1.73. The minimum atomic E-state index is 0.198. The number of likely N-dealkylation sites (N-methyl/N-ethyl adjacent to an activating group) is 1. The van der Waals surface area contributed by atoms with Gasteiger partial charge in [-0.3, -0.25) is 9.69 Å². The molecule has 0 saturated carbocycles. The Kier molecular flexibility index (Phi) is 1.82. The predicted molar refractivity (Wildman–Crippen MR) is 40.9 cm³/mol. The van der Waals surface area contributed by atoms with Crippen molar-refractivity contribution in [3.63, 3.8) is 0 Å². The SMILES string of the molecule is CN1CC(=O)CC(C)(C)C1. The Balaban J connectivity index is 2.59. The molecule has 2 heteroatoms. The predicted octanol–water partition coefficient (Wildman–Crippen LogP) is 0.917. The molecule has 0 unspecified atom stereocenters. The first-order chi connectivity index (χ1) is 4.49. The molecule has 58 valence electrons. The Morgan fingerprint density at radius 2 is 2.10 bits per heavy atom. The zero-order valence-corrected chi connectivity index (χ0v) is 6.98. The van der Waals surface area contributed by atoms with Gasteiger partial charge in [-0.15, -0.1) is 0 Å². The summed E-state index contributed by atoms with van der Waals surface area (Å²) in [5.41, 5.74) is 0.198. The Hall–Kier alpha value is -0.370. The van der Waals surface area contributed by atoms with Crippen LogP contribution in [0.5, 0.6) is 0 Å². The standard InChI is InChI=1S/C8H15NO/c1-8(2)4-7(10)5-9(3)6-8/h4-6H2,1-3H3. The highest BCUT2D eigenvalue weighted by Crippen LogP contribution is 2.25. The van der Waals surface area contributed by atoms with Gasteiger partial charge in [0.2, 0.25) is 0 Å². The number of likely N-dealkylation sites (tertiary alicyclic amines) is 1. The van der Waals surface area contributed by atoms with Crippen LogP contribution in [0.4, 0.5) is 0 Å². The third kappa shape index (κ3) is 1.81. The number of Topliss-reactive ketones (excluding diaryl/α,β-unsaturated/α-hetero) is 1. The number of ketones is 1. The smallest absolute Gasteiger partial charge is 0.147 e. The maximum atomic E-state index is 11.0. The first-order valence-corrected chi connectivity index (χ1v) is 3.70. The molecule has 0 amide bonds. The van der Waals surface area contributed by atoms with Crippen LogP contribution in [0.25, 0.3) is 0 Å². The molecule has 1 rings (SSSR count). The number of hydrogen-bond acceptors (Lipinski definition) is 2. The van der Waals surface area contributed by atoms with Crippen LogP contribution < -0.4 is 0 Å². The van der Waals surface area contributed by atoms with E-state index in [9.17, 15) is 4.79 Å². The van der Waals surface area contributed by atoms with Crippen LogP contribution in [0, 0.1) is 5.41 Å². The van der Waals surface area contributed by atoms with Gasteiger partial charge in [0.25, 0.3) is 0 Å². The molecule has 0 atom stereocenters. The molecule has 1 aliphatic rings. The van der Waals surface area contributed by atoms with Gasteiger partial charge >= 0.3 is 0 Å². The Labute approximate surface area is 62.2 Å². The lowest BCUT2D eigenvalue weighted by atomic mass is 9.84. The van der Waals surface area contributed by atoms with E-state index in [0.29, 0.717) is 12.3 Å². The highest BCUT2D eigenvalue weighted by Gasteiger charge is 2.28. The molecule has 10 heavy (non-hydrogen) atoms. The number of carbonyl (C=O) groups excluding carboxylic acids is 1. The Bertz CT molecular complexity index is 151. The molecule has 2 nitrogen and oxygen atoms in total. The normalized spacial score (nSPS) is 26.9. The molecule has 0 aromatic heterocycles. The van der Waals surface area contributed by atoms with Crippen molar-refractivity contribution >= 4 is 5.78 Å². The molecule has 0 N–H and O–H groups in total. The molecular formula is C8H15NO. The van der Waals surface area contributed by atoms with Gasteiger partial charge in [0.15, 0.2) is 0 Å². The highest BCUT2D eigenvalue weighted by molar-refractivity contribution is 5.81. The summed E-state index contributed by atoms with van der Waals surface area (Å²) in [4.78, 5) is 13.1. The van der Waals surface area contributed by atoms with Crippen molar-refractivity contribution in [1.29, 1.82) is 0 Å². The maximum Gasteiger partial charge on any atom is 0.147 e. The van der Waals surface area contributed by atoms with Crippen molar-refractivity contribution in [3.8, 4) is 0 Å². The van der Waals surface area contributed by atoms with Crippen molar-refractivity contribution in [2.24, 2.45) is 5.41 Å². The quantitative estimate of drug-likeness (QED) is 0.500. The monoisotopic (exact) mass is 141 g/mol. The van der Waals surface area contributed by atoms with Gasteiger partial charge in [-0.1, -0.05) is 13.8 Å². The van der Waals surface area contributed by atoms with E-state index in [4.69, 9.17) is 0 Å². The summed E-state index contributed by atoms with van der Waals surface area (Å²) in [5, 5.41) is 0. The van der Waals surface area contributed by atoms with Crippen molar-refractivity contribution in [1.82, 2.24) is 4.90 Å². The first kappa shape index (κ1) is 7.73. The number of hydrogen-bond donors (Lipinski definition) is 0. The van der Waals surface area contributed by atoms with Crippen molar-refractivity contribution in [2.45, 2.75) is 20.3 Å². The number of carbonyl (C=O) groups is 1. The lowest BCUT2D eigenvalue weighted by molar-refractivity contribution is -0.125. The lowest BCUT2D eigenvalue weighted by Gasteiger charge is -2.34. The zero-order chi connectivity index (χ0) is 7.78. The van der Waals surface area contributed by atoms with E-state index in [2.05, 4.69) is 18.7 Å². The van der Waals surface area contributed by atoms with E-state index >= 15 is 0 Å². The van der Waals surface area contributed by atoms with Gasteiger partial charge in [0.05, 0.1) is 6.54 Å². The summed E-state index contributed by atoms with van der Waals surface area (Å²) in [6.45, 7) is 5.96. The third-order valence-corrected chi connectivity index (χ3v) is 1.82. The van der Waals surface area contributed by atoms with E-state index in [-0.39, 0.29) is 5.41 Å². The van der Waals surface area contributed by atoms with E-state index < -0.39 is 0 Å². The van der Waals surface area contributed by atoms with Crippen molar-refractivity contribution in [2.75, 3.05) is 20.1 Å². The topological polar surface area (TPSA) is 20.3 Å². The van der Waals surface area contributed by atoms with Gasteiger partial charge in [-0.05, 0) is 12.5 Å². The molecule has 1 fully saturated rings. The molecule has 0 aromatic rings. The van der Waals surface area contributed by atoms with Crippen LogP contribution in [-0.4, -0.2) is 30.8 Å². The lowest BCUT2D eigenvalue weighted by Crippen LogP contribution is -2.42. The largest absolute Gasteiger partial charge is 0.299 e. The molecule has 0 aliphatic carbocycles. The van der Waals surface area contributed by atoms with Gasteiger partial charge < -0.3 is 0 Å². The second-order valence-electron chi connectivity index (χ2n) is 4.05. The van der Waals surface area contributed by atoms with E-state index in [1.165, 1.54) is 0 Å². The molecule has 1 heterocycles.